The van der Waals surface area contributed by atoms with Gasteiger partial charge in [-0.25, -0.2) is 0 Å². The molecule has 0 spiro atoms. The number of carboxylic acids is 1. The van der Waals surface area contributed by atoms with Gasteiger partial charge in [0.1, 0.15) is 0 Å². The lowest BCUT2D eigenvalue weighted by Gasteiger charge is -2.16. The minimum Gasteiger partial charge on any atom is -0.481 e. The first kappa shape index (κ1) is 16.5. The third-order valence-electron chi connectivity index (χ3n) is 4.67. The predicted octanol–water partition coefficient (Wildman–Crippen LogP) is 2.04. The van der Waals surface area contributed by atoms with Crippen LogP contribution in [0.25, 0.3) is 0 Å². The highest BCUT2D eigenvalue weighted by atomic mass is 16.5. The molecule has 3 rings (SSSR count). The summed E-state index contributed by atoms with van der Waals surface area (Å²) >= 11 is 0. The monoisotopic (exact) mass is 329 g/mol. The third-order valence-corrected chi connectivity index (χ3v) is 4.67. The van der Waals surface area contributed by atoms with Crippen LogP contribution in [0, 0.1) is 12.8 Å². The van der Waals surface area contributed by atoms with Gasteiger partial charge in [-0.05, 0) is 12.5 Å². The minimum atomic E-state index is -0.735. The fourth-order valence-electron chi connectivity index (χ4n) is 3.45. The lowest BCUT2D eigenvalue weighted by molar-refractivity contribution is -0.141. The van der Waals surface area contributed by atoms with E-state index in [4.69, 9.17) is 4.74 Å². The lowest BCUT2D eigenvalue weighted by Crippen LogP contribution is -2.23. The van der Waals surface area contributed by atoms with E-state index in [9.17, 15) is 9.90 Å². The summed E-state index contributed by atoms with van der Waals surface area (Å²) < 4.78 is 7.02. The molecule has 1 aliphatic heterocycles. The quantitative estimate of drug-likeness (QED) is 0.909. The number of aromatic nitrogens is 2. The van der Waals surface area contributed by atoms with Gasteiger partial charge in [-0.1, -0.05) is 29.8 Å². The number of methoxy groups -OCH3 is 1. The molecule has 0 saturated carbocycles. The van der Waals surface area contributed by atoms with Crippen LogP contribution >= 0.6 is 0 Å². The van der Waals surface area contributed by atoms with Gasteiger partial charge in [-0.15, -0.1) is 5.10 Å². The van der Waals surface area contributed by atoms with Crippen molar-refractivity contribution < 1.29 is 14.6 Å². The standard InChI is InChI=1S/C18H23N3O3/c1-12-4-6-13(7-5-12)15-10-21(11-16(15)18(22)23)9-14-8-20(2)19-17(14)24-3/h4-8,15-16H,9-11H2,1-3H3,(H,22,23)/t15-,16+/m1/s1. The van der Waals surface area contributed by atoms with Crippen LogP contribution in [0.2, 0.25) is 0 Å². The summed E-state index contributed by atoms with van der Waals surface area (Å²) in [5.41, 5.74) is 3.25. The zero-order chi connectivity index (χ0) is 17.3. The van der Waals surface area contributed by atoms with Gasteiger partial charge in [0.05, 0.1) is 13.0 Å². The van der Waals surface area contributed by atoms with Crippen molar-refractivity contribution in [2.75, 3.05) is 20.2 Å². The highest BCUT2D eigenvalue weighted by molar-refractivity contribution is 5.72. The van der Waals surface area contributed by atoms with E-state index >= 15 is 0 Å². The van der Waals surface area contributed by atoms with Crippen molar-refractivity contribution in [1.82, 2.24) is 14.7 Å². The van der Waals surface area contributed by atoms with E-state index in [-0.39, 0.29) is 5.92 Å². The summed E-state index contributed by atoms with van der Waals surface area (Å²) in [5.74, 6) is -0.523. The Bertz CT molecular complexity index is 724. The van der Waals surface area contributed by atoms with Gasteiger partial charge in [-0.2, -0.15) is 0 Å². The van der Waals surface area contributed by atoms with E-state index in [0.717, 1.165) is 17.7 Å². The number of likely N-dealkylation sites (tertiary alicyclic amines) is 1. The molecule has 2 heterocycles. The van der Waals surface area contributed by atoms with Crippen molar-refractivity contribution in [1.29, 1.82) is 0 Å². The van der Waals surface area contributed by atoms with Crippen molar-refractivity contribution in [3.05, 3.63) is 47.2 Å². The van der Waals surface area contributed by atoms with E-state index in [1.807, 2.05) is 44.4 Å². The van der Waals surface area contributed by atoms with Gasteiger partial charge in [0, 0.05) is 44.4 Å². The Morgan fingerprint density at radius 2 is 2.04 bits per heavy atom. The maximum Gasteiger partial charge on any atom is 0.308 e. The molecule has 0 amide bonds. The van der Waals surface area contributed by atoms with Gasteiger partial charge >= 0.3 is 5.97 Å². The minimum absolute atomic E-state index is 0.00534. The molecule has 2 aromatic rings. The Morgan fingerprint density at radius 3 is 2.67 bits per heavy atom. The maximum absolute atomic E-state index is 11.7. The Morgan fingerprint density at radius 1 is 1.33 bits per heavy atom. The second-order valence-electron chi connectivity index (χ2n) is 6.49. The molecule has 1 fully saturated rings. The number of aliphatic carboxylic acids is 1. The normalized spacial score (nSPS) is 21.1. The van der Waals surface area contributed by atoms with Crippen molar-refractivity contribution >= 4 is 5.97 Å². The van der Waals surface area contributed by atoms with E-state index in [2.05, 4.69) is 10.00 Å². The molecule has 1 saturated heterocycles. The van der Waals surface area contributed by atoms with E-state index in [1.165, 1.54) is 5.56 Å². The number of rotatable bonds is 5. The largest absolute Gasteiger partial charge is 0.481 e. The molecule has 0 aliphatic carbocycles. The molecular weight excluding hydrogens is 306 g/mol. The van der Waals surface area contributed by atoms with Crippen LogP contribution in [-0.2, 0) is 18.4 Å². The van der Waals surface area contributed by atoms with Crippen molar-refractivity contribution in [2.45, 2.75) is 19.4 Å². The number of benzene rings is 1. The molecule has 1 aliphatic rings. The smallest absolute Gasteiger partial charge is 0.308 e. The molecule has 6 heteroatoms. The molecule has 6 nitrogen and oxygen atoms in total. The summed E-state index contributed by atoms with van der Waals surface area (Å²) in [6.07, 6.45) is 1.92. The molecule has 1 aromatic heterocycles. The summed E-state index contributed by atoms with van der Waals surface area (Å²) in [6, 6.07) is 8.18. The molecule has 2 atom stereocenters. The van der Waals surface area contributed by atoms with Gasteiger partial charge in [-0.3, -0.25) is 14.4 Å². The summed E-state index contributed by atoms with van der Waals surface area (Å²) in [6.45, 7) is 3.93. The van der Waals surface area contributed by atoms with Gasteiger partial charge in [0.25, 0.3) is 0 Å². The molecule has 1 N–H and O–H groups in total. The molecular formula is C18H23N3O3. The second kappa shape index (κ2) is 6.65. The fraction of sp³-hybridized carbons (Fsp3) is 0.444. The van der Waals surface area contributed by atoms with E-state index in [0.29, 0.717) is 19.0 Å². The Labute approximate surface area is 141 Å². The molecule has 1 aromatic carbocycles. The van der Waals surface area contributed by atoms with Gasteiger partial charge in [0.2, 0.25) is 5.88 Å². The molecule has 0 radical (unpaired) electrons. The lowest BCUT2D eigenvalue weighted by atomic mass is 9.89. The van der Waals surface area contributed by atoms with Crippen LogP contribution in [0.5, 0.6) is 5.88 Å². The highest BCUT2D eigenvalue weighted by Gasteiger charge is 2.38. The Kier molecular flexibility index (Phi) is 4.57. The van der Waals surface area contributed by atoms with Crippen molar-refractivity contribution in [3.63, 3.8) is 0 Å². The highest BCUT2D eigenvalue weighted by Crippen LogP contribution is 2.34. The van der Waals surface area contributed by atoms with Gasteiger partial charge < -0.3 is 9.84 Å². The first-order chi connectivity index (χ1) is 11.5. The van der Waals surface area contributed by atoms with Crippen LogP contribution in [0.15, 0.2) is 30.5 Å². The van der Waals surface area contributed by atoms with Crippen molar-refractivity contribution in [2.24, 2.45) is 13.0 Å². The Balaban J connectivity index is 1.79. The van der Waals surface area contributed by atoms with E-state index < -0.39 is 11.9 Å². The predicted molar refractivity (Wildman–Crippen MR) is 90.1 cm³/mol. The molecule has 24 heavy (non-hydrogen) atoms. The molecule has 0 bridgehead atoms. The number of hydrogen-bond acceptors (Lipinski definition) is 4. The maximum atomic E-state index is 11.7. The second-order valence-corrected chi connectivity index (χ2v) is 6.49. The first-order valence-electron chi connectivity index (χ1n) is 8.06. The number of aryl methyl sites for hydroxylation is 2. The number of nitrogens with zero attached hydrogens (tertiary/aromatic N) is 3. The van der Waals surface area contributed by atoms with Crippen molar-refractivity contribution in [3.8, 4) is 5.88 Å². The average molecular weight is 329 g/mol. The summed E-state index contributed by atoms with van der Waals surface area (Å²) in [7, 11) is 3.45. The summed E-state index contributed by atoms with van der Waals surface area (Å²) in [4.78, 5) is 13.9. The van der Waals surface area contributed by atoms with E-state index in [1.54, 1.807) is 11.8 Å². The third kappa shape index (κ3) is 3.28. The molecule has 128 valence electrons. The van der Waals surface area contributed by atoms with Crippen LogP contribution in [0.1, 0.15) is 22.6 Å². The van der Waals surface area contributed by atoms with Crippen LogP contribution in [-0.4, -0.2) is 46.0 Å². The number of carboxylic acid groups (broad SMARTS) is 1. The van der Waals surface area contributed by atoms with Crippen LogP contribution < -0.4 is 4.74 Å². The number of hydrogen-bond donors (Lipinski definition) is 1. The number of ether oxygens (including phenoxy) is 1. The SMILES string of the molecule is COc1nn(C)cc1CN1C[C@H](C(=O)O)[C@@H](c2ccc(C)cc2)C1. The van der Waals surface area contributed by atoms with Gasteiger partial charge in [0.15, 0.2) is 0 Å². The van der Waals surface area contributed by atoms with Crippen LogP contribution in [0.4, 0.5) is 0 Å². The fourth-order valence-corrected chi connectivity index (χ4v) is 3.45. The Hall–Kier alpha value is -2.34. The number of carbonyl (C=O) groups is 1. The summed E-state index contributed by atoms with van der Waals surface area (Å²) in [5, 5.41) is 13.9. The molecule has 0 unspecified atom stereocenters. The zero-order valence-corrected chi connectivity index (χ0v) is 14.3. The topological polar surface area (TPSA) is 67.6 Å². The average Bonchev–Trinajstić information content (AvgIpc) is 3.12. The van der Waals surface area contributed by atoms with Crippen LogP contribution in [0.3, 0.4) is 0 Å². The zero-order valence-electron chi connectivity index (χ0n) is 14.3. The first-order valence-corrected chi connectivity index (χ1v) is 8.06.